The first-order valence-electron chi connectivity index (χ1n) is 5.38. The van der Waals surface area contributed by atoms with Crippen molar-refractivity contribution in [3.63, 3.8) is 0 Å². The third-order valence-corrected chi connectivity index (χ3v) is 5.74. The Morgan fingerprint density at radius 2 is 2.05 bits per heavy atom. The summed E-state index contributed by atoms with van der Waals surface area (Å²) in [6.07, 6.45) is 0. The maximum absolute atomic E-state index is 12.5. The van der Waals surface area contributed by atoms with E-state index in [1.54, 1.807) is 6.92 Å². The number of hydrogen-bond donors (Lipinski definition) is 1. The molecule has 0 aliphatic rings. The van der Waals surface area contributed by atoms with Crippen molar-refractivity contribution >= 4 is 31.9 Å². The molecule has 108 valence electrons. The molecule has 0 amide bonds. The van der Waals surface area contributed by atoms with Crippen LogP contribution in [0.15, 0.2) is 9.63 Å². The van der Waals surface area contributed by atoms with Gasteiger partial charge in [-0.1, -0.05) is 12.1 Å². The summed E-state index contributed by atoms with van der Waals surface area (Å²) in [5.74, 6) is -1.23. The zero-order chi connectivity index (χ0) is 15.0. The molecule has 0 atom stereocenters. The van der Waals surface area contributed by atoms with Crippen LogP contribution in [0.3, 0.4) is 0 Å². The Labute approximate surface area is 119 Å². The number of hydrogen-bond acceptors (Lipinski definition) is 5. The van der Waals surface area contributed by atoms with E-state index in [0.29, 0.717) is 0 Å². The first-order chi connectivity index (χ1) is 8.56. The van der Waals surface area contributed by atoms with Crippen LogP contribution in [0.5, 0.6) is 0 Å². The molecule has 1 N–H and O–H groups in total. The summed E-state index contributed by atoms with van der Waals surface area (Å²) in [6, 6.07) is 0. The second-order valence-electron chi connectivity index (χ2n) is 4.34. The molecule has 0 fully saturated rings. The molecule has 0 spiro atoms. The van der Waals surface area contributed by atoms with Gasteiger partial charge in [0.15, 0.2) is 4.60 Å². The Hall–Kier alpha value is -1.00. The Morgan fingerprint density at radius 3 is 2.37 bits per heavy atom. The van der Waals surface area contributed by atoms with Gasteiger partial charge in [-0.3, -0.25) is 4.79 Å². The lowest BCUT2D eigenvalue weighted by Crippen LogP contribution is -2.53. The van der Waals surface area contributed by atoms with Gasteiger partial charge in [0.25, 0.3) is 10.0 Å². The topological polar surface area (TPSA) is 105 Å². The number of nitrogens with zero attached hydrogens (tertiary/aromatic N) is 4. The number of carboxylic acid groups (broad SMARTS) is 1. The largest absolute Gasteiger partial charge is 0.480 e. The van der Waals surface area contributed by atoms with E-state index >= 15 is 0 Å². The van der Waals surface area contributed by atoms with Crippen molar-refractivity contribution in [1.82, 2.24) is 19.3 Å². The van der Waals surface area contributed by atoms with Gasteiger partial charge in [0.1, 0.15) is 5.54 Å². The van der Waals surface area contributed by atoms with Gasteiger partial charge in [0, 0.05) is 13.6 Å². The number of aryl methyl sites for hydroxylation is 1. The second kappa shape index (κ2) is 5.17. The number of aromatic nitrogens is 3. The number of aliphatic carboxylic acids is 1. The van der Waals surface area contributed by atoms with Gasteiger partial charge >= 0.3 is 5.97 Å². The molecule has 0 bridgehead atoms. The van der Waals surface area contributed by atoms with E-state index in [9.17, 15) is 18.3 Å². The number of rotatable bonds is 5. The number of likely N-dealkylation sites (N-methyl/N-ethyl adjacent to an activating group) is 1. The minimum Gasteiger partial charge on any atom is -0.480 e. The highest BCUT2D eigenvalue weighted by molar-refractivity contribution is 9.10. The summed E-state index contributed by atoms with van der Waals surface area (Å²) < 4.78 is 27.1. The minimum atomic E-state index is -4.03. The van der Waals surface area contributed by atoms with Gasteiger partial charge in [0.05, 0.1) is 0 Å². The summed E-state index contributed by atoms with van der Waals surface area (Å²) >= 11 is 3.01. The van der Waals surface area contributed by atoms with Crippen LogP contribution in [0, 0.1) is 0 Å². The Balaban J connectivity index is 3.45. The second-order valence-corrected chi connectivity index (χ2v) is 6.87. The SMILES string of the molecule is CCN(C(C)(C)C(=O)O)S(=O)(=O)c1c(Br)nnn1C. The molecule has 1 heterocycles. The van der Waals surface area contributed by atoms with E-state index in [0.717, 1.165) is 8.99 Å². The molecule has 0 aliphatic heterocycles. The summed E-state index contributed by atoms with van der Waals surface area (Å²) in [7, 11) is -2.61. The molecular formula is C9H15BrN4O4S. The molecule has 1 rings (SSSR count). The molecule has 0 radical (unpaired) electrons. The van der Waals surface area contributed by atoms with Crippen molar-refractivity contribution < 1.29 is 18.3 Å². The average Bonchev–Trinajstić information content (AvgIpc) is 2.58. The summed E-state index contributed by atoms with van der Waals surface area (Å²) in [5.41, 5.74) is -1.57. The van der Waals surface area contributed by atoms with Gasteiger partial charge in [-0.2, -0.15) is 4.31 Å². The molecule has 0 unspecified atom stereocenters. The van der Waals surface area contributed by atoms with E-state index in [1.165, 1.54) is 20.9 Å². The smallest absolute Gasteiger partial charge is 0.324 e. The van der Waals surface area contributed by atoms with E-state index in [1.807, 2.05) is 0 Å². The molecule has 0 saturated carbocycles. The number of halogens is 1. The van der Waals surface area contributed by atoms with Crippen molar-refractivity contribution in [2.45, 2.75) is 31.3 Å². The van der Waals surface area contributed by atoms with E-state index < -0.39 is 21.5 Å². The van der Waals surface area contributed by atoms with E-state index in [2.05, 4.69) is 26.2 Å². The maximum atomic E-state index is 12.5. The molecule has 1 aromatic heterocycles. The molecule has 19 heavy (non-hydrogen) atoms. The van der Waals surface area contributed by atoms with Crippen molar-refractivity contribution in [3.8, 4) is 0 Å². The maximum Gasteiger partial charge on any atom is 0.324 e. The summed E-state index contributed by atoms with van der Waals surface area (Å²) in [4.78, 5) is 11.3. The quantitative estimate of drug-likeness (QED) is 0.822. The van der Waals surface area contributed by atoms with Crippen LogP contribution in [-0.4, -0.2) is 50.9 Å². The minimum absolute atomic E-state index is 0.0131. The fraction of sp³-hybridized carbons (Fsp3) is 0.667. The fourth-order valence-corrected chi connectivity index (χ4v) is 4.47. The molecule has 0 aliphatic carbocycles. The Morgan fingerprint density at radius 1 is 1.53 bits per heavy atom. The number of sulfonamides is 1. The van der Waals surface area contributed by atoms with Gasteiger partial charge in [-0.05, 0) is 29.8 Å². The molecule has 10 heteroatoms. The van der Waals surface area contributed by atoms with Gasteiger partial charge in [-0.15, -0.1) is 5.10 Å². The normalized spacial score (nSPS) is 12.9. The van der Waals surface area contributed by atoms with Crippen LogP contribution in [0.25, 0.3) is 0 Å². The van der Waals surface area contributed by atoms with Crippen molar-refractivity contribution in [1.29, 1.82) is 0 Å². The fourth-order valence-electron chi connectivity index (χ4n) is 1.67. The molecule has 0 aromatic carbocycles. The van der Waals surface area contributed by atoms with Crippen LogP contribution in [-0.2, 0) is 21.9 Å². The number of carboxylic acids is 1. The Kier molecular flexibility index (Phi) is 4.37. The third kappa shape index (κ3) is 2.65. The van der Waals surface area contributed by atoms with E-state index in [4.69, 9.17) is 0 Å². The molecule has 8 nitrogen and oxygen atoms in total. The lowest BCUT2D eigenvalue weighted by atomic mass is 10.1. The van der Waals surface area contributed by atoms with Crippen molar-refractivity contribution in [3.05, 3.63) is 4.60 Å². The predicted octanol–water partition coefficient (Wildman–Crippen LogP) is 0.451. The average molecular weight is 355 g/mol. The molecular weight excluding hydrogens is 340 g/mol. The van der Waals surface area contributed by atoms with Crippen molar-refractivity contribution in [2.24, 2.45) is 7.05 Å². The highest BCUT2D eigenvalue weighted by Crippen LogP contribution is 2.27. The van der Waals surface area contributed by atoms with Gasteiger partial charge in [0.2, 0.25) is 5.03 Å². The van der Waals surface area contributed by atoms with Crippen LogP contribution in [0.2, 0.25) is 0 Å². The van der Waals surface area contributed by atoms with Crippen LogP contribution < -0.4 is 0 Å². The van der Waals surface area contributed by atoms with Crippen molar-refractivity contribution in [2.75, 3.05) is 6.54 Å². The Bertz CT molecular complexity index is 576. The monoisotopic (exact) mass is 354 g/mol. The summed E-state index contributed by atoms with van der Waals surface area (Å²) in [6.45, 7) is 4.24. The van der Waals surface area contributed by atoms with E-state index in [-0.39, 0.29) is 16.2 Å². The third-order valence-electron chi connectivity index (χ3n) is 2.71. The van der Waals surface area contributed by atoms with Crippen LogP contribution in [0.1, 0.15) is 20.8 Å². The highest BCUT2D eigenvalue weighted by atomic mass is 79.9. The summed E-state index contributed by atoms with van der Waals surface area (Å²) in [5, 5.41) is 16.2. The predicted molar refractivity (Wildman–Crippen MR) is 70.0 cm³/mol. The zero-order valence-corrected chi connectivity index (χ0v) is 13.4. The van der Waals surface area contributed by atoms with Gasteiger partial charge < -0.3 is 5.11 Å². The lowest BCUT2D eigenvalue weighted by Gasteiger charge is -2.32. The number of carbonyl (C=O) groups is 1. The molecule has 0 saturated heterocycles. The highest BCUT2D eigenvalue weighted by Gasteiger charge is 2.44. The van der Waals surface area contributed by atoms with Crippen LogP contribution >= 0.6 is 15.9 Å². The van der Waals surface area contributed by atoms with Gasteiger partial charge in [-0.25, -0.2) is 13.1 Å². The van der Waals surface area contributed by atoms with Crippen LogP contribution in [0.4, 0.5) is 0 Å². The first kappa shape index (κ1) is 16.1. The zero-order valence-electron chi connectivity index (χ0n) is 11.0. The lowest BCUT2D eigenvalue weighted by molar-refractivity contribution is -0.146. The first-order valence-corrected chi connectivity index (χ1v) is 7.61. The molecule has 1 aromatic rings. The standard InChI is InChI=1S/C9H15BrN4O4S/c1-5-14(9(2,3)8(15)16)19(17,18)7-6(10)11-12-13(7)4/h5H2,1-4H3,(H,15,16).